The van der Waals surface area contributed by atoms with Crippen LogP contribution in [-0.2, 0) is 26.9 Å². The zero-order valence-corrected chi connectivity index (χ0v) is 17.4. The summed E-state index contributed by atoms with van der Waals surface area (Å²) in [5, 5.41) is 6.99. The third-order valence-corrected chi connectivity index (χ3v) is 6.44. The van der Waals surface area contributed by atoms with Crippen molar-refractivity contribution in [3.05, 3.63) is 77.7 Å². The minimum Gasteiger partial charge on any atom is -0.360 e. The van der Waals surface area contributed by atoms with Gasteiger partial charge in [0.25, 0.3) is 0 Å². The number of hydrogen-bond donors (Lipinski definition) is 1. The molecule has 0 saturated heterocycles. The van der Waals surface area contributed by atoms with Crippen molar-refractivity contribution in [3.63, 3.8) is 0 Å². The lowest BCUT2D eigenvalue weighted by Gasteiger charge is -2.05. The summed E-state index contributed by atoms with van der Waals surface area (Å²) in [6.45, 7) is 3.61. The van der Waals surface area contributed by atoms with Crippen LogP contribution in [0.4, 0.5) is 5.82 Å². The number of hydrogen-bond acceptors (Lipinski definition) is 5. The quantitative estimate of drug-likeness (QED) is 0.508. The number of aryl methyl sites for hydroxylation is 2. The van der Waals surface area contributed by atoms with E-state index in [0.717, 1.165) is 11.1 Å². The van der Waals surface area contributed by atoms with Crippen LogP contribution in [-0.4, -0.2) is 24.0 Å². The molecule has 4 aromatic rings. The van der Waals surface area contributed by atoms with E-state index in [2.05, 4.69) is 10.5 Å². The molecular weight excluding hydrogens is 402 g/mol. The second kappa shape index (κ2) is 7.79. The van der Waals surface area contributed by atoms with E-state index < -0.39 is 9.84 Å². The summed E-state index contributed by atoms with van der Waals surface area (Å²) in [5.74, 6) is 0.474. The first-order valence-corrected chi connectivity index (χ1v) is 11.1. The van der Waals surface area contributed by atoms with Crippen LogP contribution >= 0.6 is 0 Å². The number of amides is 1. The van der Waals surface area contributed by atoms with Gasteiger partial charge in [-0.05, 0) is 25.5 Å². The van der Waals surface area contributed by atoms with Crippen LogP contribution in [0.2, 0.25) is 0 Å². The van der Waals surface area contributed by atoms with Gasteiger partial charge in [0.2, 0.25) is 5.91 Å². The Morgan fingerprint density at radius 1 is 1.10 bits per heavy atom. The lowest BCUT2D eigenvalue weighted by atomic mass is 10.2. The number of sulfone groups is 1. The van der Waals surface area contributed by atoms with Crippen molar-refractivity contribution in [2.75, 3.05) is 5.32 Å². The Morgan fingerprint density at radius 3 is 2.63 bits per heavy atom. The molecule has 4 rings (SSSR count). The van der Waals surface area contributed by atoms with Crippen molar-refractivity contribution in [2.45, 2.75) is 31.0 Å². The summed E-state index contributed by atoms with van der Waals surface area (Å²) < 4.78 is 33.0. The Labute approximate surface area is 174 Å². The number of anilines is 1. The van der Waals surface area contributed by atoms with E-state index in [4.69, 9.17) is 4.52 Å². The average Bonchev–Trinajstić information content (AvgIpc) is 3.25. The second-order valence-electron chi connectivity index (χ2n) is 7.26. The molecule has 154 valence electrons. The standard InChI is InChI=1S/C22H21N3O4S/c1-15-6-5-7-17(10-15)14-30(27,28)20-12-25(19-9-4-3-8-18(19)20)13-22(26)23-21-11-16(2)29-24-21/h3-12H,13-14H2,1-2H3,(H,23,24,26). The molecule has 0 radical (unpaired) electrons. The van der Waals surface area contributed by atoms with Gasteiger partial charge in [-0.15, -0.1) is 0 Å². The van der Waals surface area contributed by atoms with Gasteiger partial charge in [0, 0.05) is 23.2 Å². The van der Waals surface area contributed by atoms with Gasteiger partial charge in [-0.25, -0.2) is 8.42 Å². The number of nitrogens with one attached hydrogen (secondary N) is 1. The maximum absolute atomic E-state index is 13.2. The highest BCUT2D eigenvalue weighted by Gasteiger charge is 2.22. The molecule has 30 heavy (non-hydrogen) atoms. The summed E-state index contributed by atoms with van der Waals surface area (Å²) in [7, 11) is -3.61. The molecule has 1 N–H and O–H groups in total. The zero-order chi connectivity index (χ0) is 21.3. The van der Waals surface area contributed by atoms with E-state index in [9.17, 15) is 13.2 Å². The minimum atomic E-state index is -3.61. The van der Waals surface area contributed by atoms with Crippen LogP contribution in [0, 0.1) is 13.8 Å². The predicted molar refractivity (Wildman–Crippen MR) is 114 cm³/mol. The molecule has 0 aliphatic rings. The maximum atomic E-state index is 13.2. The predicted octanol–water partition coefficient (Wildman–Crippen LogP) is 3.86. The van der Waals surface area contributed by atoms with Crippen molar-refractivity contribution in [2.24, 2.45) is 0 Å². The first-order chi connectivity index (χ1) is 14.3. The number of fused-ring (bicyclic) bond motifs is 1. The summed E-state index contributed by atoms with van der Waals surface area (Å²) in [6, 6.07) is 16.2. The Balaban J connectivity index is 1.65. The Bertz CT molecular complexity index is 1340. The maximum Gasteiger partial charge on any atom is 0.245 e. The topological polar surface area (TPSA) is 94.2 Å². The molecule has 1 amide bonds. The molecule has 0 unspecified atom stereocenters. The minimum absolute atomic E-state index is 0.0492. The Hall–Kier alpha value is -3.39. The number of rotatable bonds is 6. The largest absolute Gasteiger partial charge is 0.360 e. The fourth-order valence-electron chi connectivity index (χ4n) is 3.45. The van der Waals surface area contributed by atoms with Crippen molar-refractivity contribution >= 4 is 32.5 Å². The molecule has 0 aliphatic heterocycles. The van der Waals surface area contributed by atoms with Gasteiger partial charge in [0.1, 0.15) is 12.3 Å². The van der Waals surface area contributed by atoms with Crippen molar-refractivity contribution in [1.82, 2.24) is 9.72 Å². The summed E-state index contributed by atoms with van der Waals surface area (Å²) in [4.78, 5) is 12.7. The smallest absolute Gasteiger partial charge is 0.245 e. The normalized spacial score (nSPS) is 11.7. The van der Waals surface area contributed by atoms with E-state index in [1.807, 2.05) is 31.2 Å². The first kappa shape index (κ1) is 19.9. The molecular formula is C22H21N3O4S. The molecule has 7 nitrogen and oxygen atoms in total. The highest BCUT2D eigenvalue weighted by molar-refractivity contribution is 7.90. The number of carbonyl (C=O) groups is 1. The highest BCUT2D eigenvalue weighted by atomic mass is 32.2. The van der Waals surface area contributed by atoms with Gasteiger partial charge >= 0.3 is 0 Å². The van der Waals surface area contributed by atoms with E-state index in [-0.39, 0.29) is 23.1 Å². The van der Waals surface area contributed by atoms with Gasteiger partial charge < -0.3 is 14.4 Å². The lowest BCUT2D eigenvalue weighted by molar-refractivity contribution is -0.116. The van der Waals surface area contributed by atoms with Crippen LogP contribution in [0.25, 0.3) is 10.9 Å². The molecule has 0 aliphatic carbocycles. The second-order valence-corrected chi connectivity index (χ2v) is 9.22. The SMILES string of the molecule is Cc1cccc(CS(=O)(=O)c2cn(CC(=O)Nc3cc(C)on3)c3ccccc23)c1. The van der Waals surface area contributed by atoms with Gasteiger partial charge in [-0.3, -0.25) is 4.79 Å². The van der Waals surface area contributed by atoms with E-state index in [1.165, 1.54) is 6.20 Å². The first-order valence-electron chi connectivity index (χ1n) is 9.41. The number of carbonyl (C=O) groups excluding carboxylic acids is 1. The number of aromatic nitrogens is 2. The Kier molecular flexibility index (Phi) is 5.17. The van der Waals surface area contributed by atoms with E-state index >= 15 is 0 Å². The van der Waals surface area contributed by atoms with Crippen LogP contribution < -0.4 is 5.32 Å². The molecule has 8 heteroatoms. The number of para-hydroxylation sites is 1. The summed E-state index contributed by atoms with van der Waals surface area (Å²) >= 11 is 0. The third kappa shape index (κ3) is 4.13. The molecule has 0 saturated carbocycles. The van der Waals surface area contributed by atoms with Crippen LogP contribution in [0.3, 0.4) is 0 Å². The molecule has 0 spiro atoms. The van der Waals surface area contributed by atoms with E-state index in [1.54, 1.807) is 41.8 Å². The van der Waals surface area contributed by atoms with Crippen LogP contribution in [0.1, 0.15) is 16.9 Å². The lowest BCUT2D eigenvalue weighted by Crippen LogP contribution is -2.18. The molecule has 0 fully saturated rings. The van der Waals surface area contributed by atoms with Crippen molar-refractivity contribution < 1.29 is 17.7 Å². The van der Waals surface area contributed by atoms with Crippen LogP contribution in [0.15, 0.2) is 70.2 Å². The molecule has 0 atom stereocenters. The monoisotopic (exact) mass is 423 g/mol. The van der Waals surface area contributed by atoms with Gasteiger partial charge in [0.15, 0.2) is 15.7 Å². The molecule has 2 aromatic carbocycles. The molecule has 0 bridgehead atoms. The fraction of sp³-hybridized carbons (Fsp3) is 0.182. The molecule has 2 heterocycles. The fourth-order valence-corrected chi connectivity index (χ4v) is 5.02. The number of benzene rings is 2. The van der Waals surface area contributed by atoms with Crippen molar-refractivity contribution in [3.8, 4) is 0 Å². The highest BCUT2D eigenvalue weighted by Crippen LogP contribution is 2.28. The van der Waals surface area contributed by atoms with Crippen molar-refractivity contribution in [1.29, 1.82) is 0 Å². The zero-order valence-electron chi connectivity index (χ0n) is 16.6. The van der Waals surface area contributed by atoms with Gasteiger partial charge in [-0.2, -0.15) is 0 Å². The molecule has 2 aromatic heterocycles. The van der Waals surface area contributed by atoms with Crippen LogP contribution in [0.5, 0.6) is 0 Å². The Morgan fingerprint density at radius 2 is 1.90 bits per heavy atom. The number of nitrogens with zero attached hydrogens (tertiary/aromatic N) is 2. The average molecular weight is 423 g/mol. The third-order valence-electron chi connectivity index (χ3n) is 4.74. The van der Waals surface area contributed by atoms with Gasteiger partial charge in [-0.1, -0.05) is 53.2 Å². The van der Waals surface area contributed by atoms with Gasteiger partial charge in [0.05, 0.1) is 10.6 Å². The summed E-state index contributed by atoms with van der Waals surface area (Å²) in [5.41, 5.74) is 2.41. The van der Waals surface area contributed by atoms with E-state index in [0.29, 0.717) is 22.5 Å². The summed E-state index contributed by atoms with van der Waals surface area (Å²) in [6.07, 6.45) is 1.53.